The van der Waals surface area contributed by atoms with Gasteiger partial charge in [0.05, 0.1) is 10.3 Å². The Balaban J connectivity index is 1.56. The number of hydrogen-bond acceptors (Lipinski definition) is 6. The number of hydrogen-bond donors (Lipinski definition) is 0. The van der Waals surface area contributed by atoms with Crippen molar-refractivity contribution in [3.63, 3.8) is 0 Å². The van der Waals surface area contributed by atoms with Crippen molar-refractivity contribution in [3.05, 3.63) is 44.9 Å². The smallest absolute Gasteiger partial charge is 0.244 e. The van der Waals surface area contributed by atoms with Crippen molar-refractivity contribution in [3.8, 4) is 0 Å². The van der Waals surface area contributed by atoms with Gasteiger partial charge in [0.25, 0.3) is 0 Å². The molecule has 1 fully saturated rings. The third-order valence-corrected chi connectivity index (χ3v) is 8.50. The molecule has 0 N–H and O–H groups in total. The minimum atomic E-state index is -3.55. The van der Waals surface area contributed by atoms with Gasteiger partial charge in [-0.1, -0.05) is 15.9 Å². The Morgan fingerprint density at radius 1 is 1.04 bits per heavy atom. The molecular formula is C16H14Br2N4O2S2. The summed E-state index contributed by atoms with van der Waals surface area (Å²) in [4.78, 5) is 12.0. The molecule has 2 aromatic heterocycles. The fraction of sp³-hybridized carbons (Fsp3) is 0.250. The second kappa shape index (κ2) is 7.16. The summed E-state index contributed by atoms with van der Waals surface area (Å²) in [6, 6.07) is 7.19. The summed E-state index contributed by atoms with van der Waals surface area (Å²) in [5.41, 5.74) is 0. The first-order valence-corrected chi connectivity index (χ1v) is 11.8. The molecule has 0 aliphatic carbocycles. The van der Waals surface area contributed by atoms with E-state index >= 15 is 0 Å². The zero-order valence-corrected chi connectivity index (χ0v) is 18.3. The molecule has 0 spiro atoms. The van der Waals surface area contributed by atoms with Gasteiger partial charge in [-0.05, 0) is 45.6 Å². The van der Waals surface area contributed by atoms with Crippen LogP contribution in [0.5, 0.6) is 0 Å². The predicted octanol–water partition coefficient (Wildman–Crippen LogP) is 3.73. The van der Waals surface area contributed by atoms with Gasteiger partial charge in [0, 0.05) is 35.1 Å². The molecule has 6 nitrogen and oxygen atoms in total. The lowest BCUT2D eigenvalue weighted by Crippen LogP contribution is -2.49. The maximum Gasteiger partial charge on any atom is 0.244 e. The first-order valence-electron chi connectivity index (χ1n) is 7.85. The summed E-state index contributed by atoms with van der Waals surface area (Å²) in [7, 11) is -3.55. The highest BCUT2D eigenvalue weighted by atomic mass is 79.9. The van der Waals surface area contributed by atoms with Crippen LogP contribution in [0.2, 0.25) is 0 Å². The average Bonchev–Trinajstić information content (AvgIpc) is 3.12. The van der Waals surface area contributed by atoms with Crippen LogP contribution < -0.4 is 4.90 Å². The molecule has 0 unspecified atom stereocenters. The number of anilines is 1. The molecule has 1 aliphatic rings. The van der Waals surface area contributed by atoms with E-state index in [0.717, 1.165) is 20.5 Å². The van der Waals surface area contributed by atoms with Crippen molar-refractivity contribution in [2.75, 3.05) is 31.1 Å². The lowest BCUT2D eigenvalue weighted by molar-refractivity contribution is 0.384. The molecule has 1 saturated heterocycles. The molecule has 0 bridgehead atoms. The molecule has 3 aromatic rings. The standard InChI is InChI=1S/C16H14Br2N4O2S2/c17-11-1-2-13(18)14(9-11)26(23,24)22-6-4-21(5-7-22)15-12-3-8-25-16(12)20-10-19-15/h1-3,8-10H,4-7H2. The van der Waals surface area contributed by atoms with Crippen molar-refractivity contribution in [2.45, 2.75) is 4.90 Å². The van der Waals surface area contributed by atoms with Crippen LogP contribution in [0.3, 0.4) is 0 Å². The van der Waals surface area contributed by atoms with Crippen molar-refractivity contribution in [1.29, 1.82) is 0 Å². The SMILES string of the molecule is O=S(=O)(c1cc(Br)ccc1Br)N1CCN(c2ncnc3sccc23)CC1. The molecule has 136 valence electrons. The van der Waals surface area contributed by atoms with Crippen LogP contribution in [0.1, 0.15) is 0 Å². The average molecular weight is 518 g/mol. The van der Waals surface area contributed by atoms with Crippen molar-refractivity contribution >= 4 is 69.3 Å². The Bertz CT molecular complexity index is 1060. The third kappa shape index (κ3) is 3.29. The Labute approximate surface area is 172 Å². The summed E-state index contributed by atoms with van der Waals surface area (Å²) in [6.45, 7) is 2.01. The molecule has 1 aliphatic heterocycles. The molecule has 0 saturated carbocycles. The van der Waals surface area contributed by atoms with Crippen LogP contribution in [0.4, 0.5) is 5.82 Å². The first kappa shape index (κ1) is 18.3. The van der Waals surface area contributed by atoms with Gasteiger partial charge in [0.15, 0.2) is 0 Å². The number of aromatic nitrogens is 2. The van der Waals surface area contributed by atoms with Gasteiger partial charge in [0.2, 0.25) is 10.0 Å². The number of rotatable bonds is 3. The Kier molecular flexibility index (Phi) is 5.04. The number of benzene rings is 1. The predicted molar refractivity (Wildman–Crippen MR) is 110 cm³/mol. The minimum absolute atomic E-state index is 0.280. The lowest BCUT2D eigenvalue weighted by atomic mass is 10.3. The normalized spacial score (nSPS) is 16.3. The van der Waals surface area contributed by atoms with Gasteiger partial charge >= 0.3 is 0 Å². The van der Waals surface area contributed by atoms with Gasteiger partial charge < -0.3 is 4.90 Å². The number of halogens is 2. The molecule has 26 heavy (non-hydrogen) atoms. The highest BCUT2D eigenvalue weighted by Gasteiger charge is 2.31. The summed E-state index contributed by atoms with van der Waals surface area (Å²) in [5.74, 6) is 0.872. The maximum atomic E-state index is 13.0. The van der Waals surface area contributed by atoms with Crippen LogP contribution in [-0.2, 0) is 10.0 Å². The number of thiophene rings is 1. The number of nitrogens with zero attached hydrogens (tertiary/aromatic N) is 4. The molecule has 1 aromatic carbocycles. The van der Waals surface area contributed by atoms with Crippen LogP contribution >= 0.6 is 43.2 Å². The third-order valence-electron chi connectivity index (χ3n) is 4.29. The van der Waals surface area contributed by atoms with E-state index in [2.05, 4.69) is 46.7 Å². The molecule has 0 atom stereocenters. The van der Waals surface area contributed by atoms with E-state index in [9.17, 15) is 8.42 Å². The minimum Gasteiger partial charge on any atom is -0.353 e. The monoisotopic (exact) mass is 516 g/mol. The van der Waals surface area contributed by atoms with E-state index in [4.69, 9.17) is 0 Å². The first-order chi connectivity index (χ1) is 12.5. The van der Waals surface area contributed by atoms with Gasteiger partial charge in [-0.15, -0.1) is 11.3 Å². The van der Waals surface area contributed by atoms with Crippen LogP contribution in [-0.4, -0.2) is 48.9 Å². The summed E-state index contributed by atoms with van der Waals surface area (Å²) in [5, 5.41) is 3.01. The highest BCUT2D eigenvalue weighted by molar-refractivity contribution is 9.11. The summed E-state index contributed by atoms with van der Waals surface area (Å²) in [6.07, 6.45) is 1.57. The summed E-state index contributed by atoms with van der Waals surface area (Å²) < 4.78 is 28.8. The van der Waals surface area contributed by atoms with Crippen LogP contribution in [0, 0.1) is 0 Å². The topological polar surface area (TPSA) is 66.4 Å². The molecule has 4 rings (SSSR count). The fourth-order valence-corrected chi connectivity index (χ4v) is 6.60. The molecule has 0 amide bonds. The lowest BCUT2D eigenvalue weighted by Gasteiger charge is -2.35. The Hall–Kier alpha value is -1.07. The zero-order chi connectivity index (χ0) is 18.3. The quantitative estimate of drug-likeness (QED) is 0.529. The molecule has 10 heteroatoms. The molecule has 3 heterocycles. The second-order valence-corrected chi connectivity index (χ2v) is 10.4. The molecule has 0 radical (unpaired) electrons. The van der Waals surface area contributed by atoms with Crippen molar-refractivity contribution in [1.82, 2.24) is 14.3 Å². The van der Waals surface area contributed by atoms with Gasteiger partial charge in [-0.2, -0.15) is 4.31 Å². The van der Waals surface area contributed by atoms with E-state index in [1.54, 1.807) is 29.8 Å². The zero-order valence-electron chi connectivity index (χ0n) is 13.5. The summed E-state index contributed by atoms with van der Waals surface area (Å²) >= 11 is 8.27. The van der Waals surface area contributed by atoms with E-state index < -0.39 is 10.0 Å². The van der Waals surface area contributed by atoms with Gasteiger partial charge in [-0.3, -0.25) is 0 Å². The number of sulfonamides is 1. The van der Waals surface area contributed by atoms with E-state index in [1.165, 1.54) is 4.31 Å². The Morgan fingerprint density at radius 3 is 2.58 bits per heavy atom. The largest absolute Gasteiger partial charge is 0.353 e. The van der Waals surface area contributed by atoms with Crippen molar-refractivity contribution in [2.24, 2.45) is 0 Å². The molecular weight excluding hydrogens is 504 g/mol. The van der Waals surface area contributed by atoms with E-state index in [-0.39, 0.29) is 4.90 Å². The van der Waals surface area contributed by atoms with Gasteiger partial charge in [-0.25, -0.2) is 18.4 Å². The van der Waals surface area contributed by atoms with E-state index in [0.29, 0.717) is 30.7 Å². The maximum absolute atomic E-state index is 13.0. The number of fused-ring (bicyclic) bond motifs is 1. The van der Waals surface area contributed by atoms with Gasteiger partial charge in [0.1, 0.15) is 17.0 Å². The Morgan fingerprint density at radius 2 is 1.81 bits per heavy atom. The highest BCUT2D eigenvalue weighted by Crippen LogP contribution is 2.31. The number of piperazine rings is 1. The van der Waals surface area contributed by atoms with Crippen LogP contribution in [0.15, 0.2) is 49.8 Å². The van der Waals surface area contributed by atoms with Crippen molar-refractivity contribution < 1.29 is 8.42 Å². The van der Waals surface area contributed by atoms with E-state index in [1.807, 2.05) is 17.5 Å². The fourth-order valence-electron chi connectivity index (χ4n) is 2.98. The second-order valence-electron chi connectivity index (χ2n) is 5.80. The van der Waals surface area contributed by atoms with Crippen LogP contribution in [0.25, 0.3) is 10.2 Å².